The van der Waals surface area contributed by atoms with Gasteiger partial charge in [0.1, 0.15) is 11.6 Å². The predicted octanol–water partition coefficient (Wildman–Crippen LogP) is 4.05. The summed E-state index contributed by atoms with van der Waals surface area (Å²) in [5, 5.41) is 9.44. The Morgan fingerprint density at radius 2 is 1.79 bits per heavy atom. The van der Waals surface area contributed by atoms with E-state index in [-0.39, 0.29) is 24.2 Å². The molecule has 4 heteroatoms. The first-order chi connectivity index (χ1) is 9.11. The Morgan fingerprint density at radius 3 is 2.42 bits per heavy atom. The standard InChI is InChI=1S/C15H13BrF2O/c16-13-8-10(5-6-15(13)18)7-11(9-19)12-3-1-2-4-14(12)17/h1-6,8,11,19H,7,9H2. The van der Waals surface area contributed by atoms with Gasteiger partial charge in [0.05, 0.1) is 11.1 Å². The highest BCUT2D eigenvalue weighted by molar-refractivity contribution is 9.10. The number of rotatable bonds is 4. The van der Waals surface area contributed by atoms with Crippen molar-refractivity contribution in [3.05, 3.63) is 69.7 Å². The van der Waals surface area contributed by atoms with Gasteiger partial charge >= 0.3 is 0 Å². The lowest BCUT2D eigenvalue weighted by molar-refractivity contribution is 0.261. The van der Waals surface area contributed by atoms with E-state index in [2.05, 4.69) is 15.9 Å². The summed E-state index contributed by atoms with van der Waals surface area (Å²) in [6.45, 7) is -0.157. The van der Waals surface area contributed by atoms with Crippen LogP contribution in [-0.2, 0) is 6.42 Å². The van der Waals surface area contributed by atoms with E-state index in [1.54, 1.807) is 30.3 Å². The molecule has 100 valence electrons. The molecule has 0 saturated carbocycles. The number of hydrogen-bond acceptors (Lipinski definition) is 1. The molecule has 0 amide bonds. The maximum absolute atomic E-state index is 13.7. The molecule has 0 aliphatic carbocycles. The van der Waals surface area contributed by atoms with Gasteiger partial charge in [-0.1, -0.05) is 24.3 Å². The van der Waals surface area contributed by atoms with Crippen molar-refractivity contribution in [1.82, 2.24) is 0 Å². The number of benzene rings is 2. The highest BCUT2D eigenvalue weighted by atomic mass is 79.9. The van der Waals surface area contributed by atoms with Crippen LogP contribution in [0.1, 0.15) is 17.0 Å². The van der Waals surface area contributed by atoms with Crippen LogP contribution in [0.25, 0.3) is 0 Å². The largest absolute Gasteiger partial charge is 0.396 e. The van der Waals surface area contributed by atoms with Crippen LogP contribution in [0, 0.1) is 11.6 Å². The molecule has 0 radical (unpaired) electrons. The van der Waals surface area contributed by atoms with Gasteiger partial charge in [0, 0.05) is 5.92 Å². The third-order valence-corrected chi connectivity index (χ3v) is 3.64. The minimum atomic E-state index is -0.338. The minimum absolute atomic E-state index is 0.157. The molecule has 2 rings (SSSR count). The second-order valence-corrected chi connectivity index (χ2v) is 5.21. The van der Waals surface area contributed by atoms with E-state index in [1.165, 1.54) is 12.1 Å². The van der Waals surface area contributed by atoms with Gasteiger partial charge in [0.2, 0.25) is 0 Å². The molecule has 0 aromatic heterocycles. The Bertz CT molecular complexity index is 572. The molecule has 1 N–H and O–H groups in total. The van der Waals surface area contributed by atoms with Gasteiger partial charge in [-0.3, -0.25) is 0 Å². The van der Waals surface area contributed by atoms with Crippen molar-refractivity contribution in [2.24, 2.45) is 0 Å². The molecule has 0 saturated heterocycles. The third-order valence-electron chi connectivity index (χ3n) is 3.03. The number of hydrogen-bond donors (Lipinski definition) is 1. The van der Waals surface area contributed by atoms with Gasteiger partial charge in [-0.2, -0.15) is 0 Å². The van der Waals surface area contributed by atoms with Crippen molar-refractivity contribution in [2.45, 2.75) is 12.3 Å². The molecule has 19 heavy (non-hydrogen) atoms. The van der Waals surface area contributed by atoms with Gasteiger partial charge in [0.25, 0.3) is 0 Å². The molecule has 2 aromatic rings. The highest BCUT2D eigenvalue weighted by Crippen LogP contribution is 2.25. The summed E-state index contributed by atoms with van der Waals surface area (Å²) >= 11 is 3.12. The molecule has 1 nitrogen and oxygen atoms in total. The topological polar surface area (TPSA) is 20.2 Å². The van der Waals surface area contributed by atoms with E-state index in [4.69, 9.17) is 0 Å². The van der Waals surface area contributed by atoms with Crippen LogP contribution in [-0.4, -0.2) is 11.7 Å². The van der Waals surface area contributed by atoms with Crippen molar-refractivity contribution >= 4 is 15.9 Å². The van der Waals surface area contributed by atoms with E-state index in [0.717, 1.165) is 5.56 Å². The van der Waals surface area contributed by atoms with E-state index >= 15 is 0 Å². The fourth-order valence-corrected chi connectivity index (χ4v) is 2.46. The van der Waals surface area contributed by atoms with E-state index in [9.17, 15) is 13.9 Å². The monoisotopic (exact) mass is 326 g/mol. The first-order valence-electron chi connectivity index (χ1n) is 5.91. The number of aliphatic hydroxyl groups excluding tert-OH is 1. The Morgan fingerprint density at radius 1 is 1.05 bits per heavy atom. The summed E-state index contributed by atoms with van der Waals surface area (Å²) in [6, 6.07) is 11.0. The van der Waals surface area contributed by atoms with E-state index < -0.39 is 0 Å². The molecule has 2 aromatic carbocycles. The first-order valence-corrected chi connectivity index (χ1v) is 6.70. The molecule has 0 heterocycles. The summed E-state index contributed by atoms with van der Waals surface area (Å²) in [4.78, 5) is 0. The smallest absolute Gasteiger partial charge is 0.137 e. The Hall–Kier alpha value is -1.26. The van der Waals surface area contributed by atoms with E-state index in [1.807, 2.05) is 0 Å². The molecular weight excluding hydrogens is 314 g/mol. The summed E-state index contributed by atoms with van der Waals surface area (Å²) < 4.78 is 27.2. The molecule has 1 unspecified atom stereocenters. The first kappa shape index (κ1) is 14.2. The fourth-order valence-electron chi connectivity index (χ4n) is 2.03. The Kier molecular flexibility index (Phi) is 4.66. The zero-order chi connectivity index (χ0) is 13.8. The van der Waals surface area contributed by atoms with Crippen molar-refractivity contribution < 1.29 is 13.9 Å². The van der Waals surface area contributed by atoms with Crippen LogP contribution in [0.2, 0.25) is 0 Å². The average Bonchev–Trinajstić information content (AvgIpc) is 2.41. The lowest BCUT2D eigenvalue weighted by atomic mass is 9.92. The van der Waals surface area contributed by atoms with Crippen molar-refractivity contribution in [2.75, 3.05) is 6.61 Å². The van der Waals surface area contributed by atoms with Gasteiger partial charge in [-0.25, -0.2) is 8.78 Å². The zero-order valence-electron chi connectivity index (χ0n) is 10.1. The Labute approximate surface area is 119 Å². The van der Waals surface area contributed by atoms with Crippen LogP contribution in [0.3, 0.4) is 0 Å². The van der Waals surface area contributed by atoms with Crippen molar-refractivity contribution in [3.63, 3.8) is 0 Å². The summed E-state index contributed by atoms with van der Waals surface area (Å²) in [6.07, 6.45) is 0.455. The summed E-state index contributed by atoms with van der Waals surface area (Å²) in [7, 11) is 0. The lowest BCUT2D eigenvalue weighted by Crippen LogP contribution is -2.09. The maximum Gasteiger partial charge on any atom is 0.137 e. The molecule has 0 spiro atoms. The average molecular weight is 327 g/mol. The third kappa shape index (κ3) is 3.39. The summed E-state index contributed by atoms with van der Waals surface area (Å²) in [5.41, 5.74) is 1.32. The SMILES string of the molecule is OCC(Cc1ccc(F)c(Br)c1)c1ccccc1F. The van der Waals surface area contributed by atoms with Crippen LogP contribution in [0.5, 0.6) is 0 Å². The molecule has 0 bridgehead atoms. The quantitative estimate of drug-likeness (QED) is 0.898. The predicted molar refractivity (Wildman–Crippen MR) is 74.0 cm³/mol. The van der Waals surface area contributed by atoms with Crippen molar-refractivity contribution in [1.29, 1.82) is 0 Å². The van der Waals surface area contributed by atoms with E-state index in [0.29, 0.717) is 16.5 Å². The molecule has 1 atom stereocenters. The lowest BCUT2D eigenvalue weighted by Gasteiger charge is -2.15. The zero-order valence-corrected chi connectivity index (χ0v) is 11.7. The van der Waals surface area contributed by atoms with Gasteiger partial charge in [-0.15, -0.1) is 0 Å². The molecular formula is C15H13BrF2O. The maximum atomic E-state index is 13.7. The molecule has 0 fully saturated rings. The number of halogens is 3. The van der Waals surface area contributed by atoms with Crippen LogP contribution in [0.4, 0.5) is 8.78 Å². The van der Waals surface area contributed by atoms with Crippen LogP contribution < -0.4 is 0 Å². The van der Waals surface area contributed by atoms with Gasteiger partial charge in [-0.05, 0) is 51.7 Å². The van der Waals surface area contributed by atoms with Crippen LogP contribution in [0.15, 0.2) is 46.9 Å². The highest BCUT2D eigenvalue weighted by Gasteiger charge is 2.15. The fraction of sp³-hybridized carbons (Fsp3) is 0.200. The molecule has 0 aliphatic heterocycles. The number of aliphatic hydroxyl groups is 1. The van der Waals surface area contributed by atoms with Crippen molar-refractivity contribution in [3.8, 4) is 0 Å². The van der Waals surface area contributed by atoms with Gasteiger partial charge < -0.3 is 5.11 Å². The normalized spacial score (nSPS) is 12.4. The minimum Gasteiger partial charge on any atom is -0.396 e. The second-order valence-electron chi connectivity index (χ2n) is 4.35. The summed E-state index contributed by atoms with van der Waals surface area (Å²) in [5.74, 6) is -1.00. The van der Waals surface area contributed by atoms with Crippen LogP contribution >= 0.6 is 15.9 Å². The Balaban J connectivity index is 2.24. The van der Waals surface area contributed by atoms with Gasteiger partial charge in [0.15, 0.2) is 0 Å². The molecule has 0 aliphatic rings. The second kappa shape index (κ2) is 6.26.